The molecular weight excluding hydrogens is 218 g/mol. The minimum atomic E-state index is 0.126. The minimum Gasteiger partial charge on any atom is -0.351 e. The van der Waals surface area contributed by atoms with Gasteiger partial charge in [-0.3, -0.25) is 4.79 Å². The first-order valence-corrected chi connectivity index (χ1v) is 4.75. The number of rotatable bonds is 3. The van der Waals surface area contributed by atoms with E-state index < -0.39 is 0 Å². The highest BCUT2D eigenvalue weighted by molar-refractivity contribution is 9.11. The fourth-order valence-corrected chi connectivity index (χ4v) is 1.30. The molecule has 0 aromatic carbocycles. The van der Waals surface area contributed by atoms with Gasteiger partial charge in [-0.2, -0.15) is 0 Å². The summed E-state index contributed by atoms with van der Waals surface area (Å²) in [5, 5.41) is 2.80. The summed E-state index contributed by atoms with van der Waals surface area (Å²) in [6.07, 6.45) is 5.85. The SMILES string of the molecule is C=C(Br)CNC(=O)C1CC=CC1. The normalized spacial score (nSPS) is 16.4. The van der Waals surface area contributed by atoms with E-state index in [0.717, 1.165) is 17.3 Å². The van der Waals surface area contributed by atoms with Crippen LogP contribution in [0.15, 0.2) is 23.2 Å². The van der Waals surface area contributed by atoms with E-state index in [-0.39, 0.29) is 11.8 Å². The van der Waals surface area contributed by atoms with E-state index in [2.05, 4.69) is 27.8 Å². The molecule has 1 aliphatic rings. The molecule has 66 valence electrons. The summed E-state index contributed by atoms with van der Waals surface area (Å²) in [5.41, 5.74) is 0. The van der Waals surface area contributed by atoms with Gasteiger partial charge in [-0.25, -0.2) is 0 Å². The van der Waals surface area contributed by atoms with Crippen LogP contribution in [0.25, 0.3) is 0 Å². The molecule has 3 heteroatoms. The molecule has 12 heavy (non-hydrogen) atoms. The molecule has 2 nitrogen and oxygen atoms in total. The van der Waals surface area contributed by atoms with Gasteiger partial charge in [0.1, 0.15) is 0 Å². The van der Waals surface area contributed by atoms with Crippen LogP contribution in [0.2, 0.25) is 0 Å². The van der Waals surface area contributed by atoms with Crippen molar-refractivity contribution < 1.29 is 4.79 Å². The lowest BCUT2D eigenvalue weighted by Crippen LogP contribution is -2.30. The van der Waals surface area contributed by atoms with Crippen LogP contribution >= 0.6 is 15.9 Å². The molecule has 0 atom stereocenters. The van der Waals surface area contributed by atoms with Crippen LogP contribution in [0, 0.1) is 5.92 Å². The molecule has 1 rings (SSSR count). The van der Waals surface area contributed by atoms with Crippen LogP contribution in [0.3, 0.4) is 0 Å². The van der Waals surface area contributed by atoms with E-state index in [1.807, 2.05) is 12.2 Å². The maximum atomic E-state index is 11.3. The molecule has 0 radical (unpaired) electrons. The summed E-state index contributed by atoms with van der Waals surface area (Å²) in [5.74, 6) is 0.275. The van der Waals surface area contributed by atoms with Gasteiger partial charge in [0.05, 0.1) is 0 Å². The first-order valence-electron chi connectivity index (χ1n) is 3.96. The largest absolute Gasteiger partial charge is 0.351 e. The van der Waals surface area contributed by atoms with E-state index >= 15 is 0 Å². The van der Waals surface area contributed by atoms with Gasteiger partial charge in [0, 0.05) is 16.9 Å². The average molecular weight is 230 g/mol. The van der Waals surface area contributed by atoms with Crippen LogP contribution in [-0.2, 0) is 4.79 Å². The highest BCUT2D eigenvalue weighted by Crippen LogP contribution is 2.17. The van der Waals surface area contributed by atoms with Gasteiger partial charge >= 0.3 is 0 Å². The number of halogens is 1. The predicted molar refractivity (Wildman–Crippen MR) is 52.9 cm³/mol. The quantitative estimate of drug-likeness (QED) is 0.738. The van der Waals surface area contributed by atoms with E-state index in [4.69, 9.17) is 0 Å². The summed E-state index contributed by atoms with van der Waals surface area (Å²) in [7, 11) is 0. The van der Waals surface area contributed by atoms with Gasteiger partial charge in [-0.05, 0) is 12.8 Å². The van der Waals surface area contributed by atoms with E-state index in [9.17, 15) is 4.79 Å². The molecule has 0 saturated carbocycles. The van der Waals surface area contributed by atoms with Crippen molar-refractivity contribution >= 4 is 21.8 Å². The minimum absolute atomic E-state index is 0.126. The van der Waals surface area contributed by atoms with Crippen molar-refractivity contribution in [3.05, 3.63) is 23.2 Å². The Morgan fingerprint density at radius 1 is 1.58 bits per heavy atom. The van der Waals surface area contributed by atoms with Crippen molar-refractivity contribution in [2.45, 2.75) is 12.8 Å². The topological polar surface area (TPSA) is 29.1 Å². The van der Waals surface area contributed by atoms with Crippen LogP contribution in [0.5, 0.6) is 0 Å². The predicted octanol–water partition coefficient (Wildman–Crippen LogP) is 1.98. The summed E-state index contributed by atoms with van der Waals surface area (Å²) < 4.78 is 0.807. The molecular formula is C9H12BrNO. The second-order valence-corrected chi connectivity index (χ2v) is 4.00. The first-order chi connectivity index (χ1) is 5.70. The zero-order valence-electron chi connectivity index (χ0n) is 6.85. The fourth-order valence-electron chi connectivity index (χ4n) is 1.16. The van der Waals surface area contributed by atoms with Crippen LogP contribution in [0.4, 0.5) is 0 Å². The molecule has 0 aromatic heterocycles. The Hall–Kier alpha value is -0.570. The van der Waals surface area contributed by atoms with Crippen molar-refractivity contribution in [1.82, 2.24) is 5.32 Å². The number of nitrogens with one attached hydrogen (secondary N) is 1. The van der Waals surface area contributed by atoms with E-state index in [0.29, 0.717) is 6.54 Å². The second-order valence-electron chi connectivity index (χ2n) is 2.87. The van der Waals surface area contributed by atoms with Gasteiger partial charge in [0.25, 0.3) is 0 Å². The third-order valence-corrected chi connectivity index (χ3v) is 2.11. The molecule has 1 aliphatic carbocycles. The van der Waals surface area contributed by atoms with Crippen molar-refractivity contribution in [3.63, 3.8) is 0 Å². The molecule has 1 N–H and O–H groups in total. The fraction of sp³-hybridized carbons (Fsp3) is 0.444. The van der Waals surface area contributed by atoms with Gasteiger partial charge in [-0.1, -0.05) is 34.7 Å². The molecule has 0 fully saturated rings. The van der Waals surface area contributed by atoms with Crippen molar-refractivity contribution in [2.75, 3.05) is 6.54 Å². The molecule has 0 unspecified atom stereocenters. The molecule has 0 aromatic rings. The molecule has 0 saturated heterocycles. The van der Waals surface area contributed by atoms with Crippen LogP contribution < -0.4 is 5.32 Å². The Kier molecular flexibility index (Phi) is 3.53. The Morgan fingerprint density at radius 2 is 2.17 bits per heavy atom. The maximum Gasteiger partial charge on any atom is 0.224 e. The lowest BCUT2D eigenvalue weighted by atomic mass is 10.1. The van der Waals surface area contributed by atoms with E-state index in [1.54, 1.807) is 0 Å². The molecule has 0 bridgehead atoms. The maximum absolute atomic E-state index is 11.3. The van der Waals surface area contributed by atoms with Crippen LogP contribution in [0.1, 0.15) is 12.8 Å². The standard InChI is InChI=1S/C9H12BrNO/c1-7(10)6-11-9(12)8-4-2-3-5-8/h2-3,8H,1,4-6H2,(H,11,12). The third-order valence-electron chi connectivity index (χ3n) is 1.83. The Morgan fingerprint density at radius 3 is 2.67 bits per heavy atom. The Balaban J connectivity index is 2.24. The van der Waals surface area contributed by atoms with Crippen molar-refractivity contribution in [2.24, 2.45) is 5.92 Å². The zero-order valence-corrected chi connectivity index (χ0v) is 8.43. The lowest BCUT2D eigenvalue weighted by molar-refractivity contribution is -0.124. The summed E-state index contributed by atoms with van der Waals surface area (Å²) in [6.45, 7) is 4.16. The number of carbonyl (C=O) groups is 1. The summed E-state index contributed by atoms with van der Waals surface area (Å²) >= 11 is 3.19. The molecule has 1 amide bonds. The average Bonchev–Trinajstić information content (AvgIpc) is 2.51. The van der Waals surface area contributed by atoms with Gasteiger partial charge in [-0.15, -0.1) is 0 Å². The lowest BCUT2D eigenvalue weighted by Gasteiger charge is -2.09. The Bertz CT molecular complexity index is 215. The Labute approximate surface area is 80.9 Å². The number of amides is 1. The van der Waals surface area contributed by atoms with Gasteiger partial charge < -0.3 is 5.32 Å². The van der Waals surface area contributed by atoms with Gasteiger partial charge in [0.15, 0.2) is 0 Å². The number of allylic oxidation sites excluding steroid dienone is 2. The number of hydrogen-bond donors (Lipinski definition) is 1. The smallest absolute Gasteiger partial charge is 0.224 e. The first kappa shape index (κ1) is 9.52. The summed E-state index contributed by atoms with van der Waals surface area (Å²) in [4.78, 5) is 11.3. The van der Waals surface area contributed by atoms with Crippen molar-refractivity contribution in [1.29, 1.82) is 0 Å². The summed E-state index contributed by atoms with van der Waals surface area (Å²) in [6, 6.07) is 0. The van der Waals surface area contributed by atoms with Crippen LogP contribution in [-0.4, -0.2) is 12.5 Å². The molecule has 0 heterocycles. The highest BCUT2D eigenvalue weighted by atomic mass is 79.9. The van der Waals surface area contributed by atoms with Crippen molar-refractivity contribution in [3.8, 4) is 0 Å². The zero-order chi connectivity index (χ0) is 8.97. The monoisotopic (exact) mass is 229 g/mol. The van der Waals surface area contributed by atoms with E-state index in [1.165, 1.54) is 0 Å². The molecule has 0 aliphatic heterocycles. The molecule has 0 spiro atoms. The highest BCUT2D eigenvalue weighted by Gasteiger charge is 2.18. The van der Waals surface area contributed by atoms with Gasteiger partial charge in [0.2, 0.25) is 5.91 Å². The number of hydrogen-bond acceptors (Lipinski definition) is 1. The third kappa shape index (κ3) is 2.81. The number of carbonyl (C=O) groups excluding carboxylic acids is 1. The second kappa shape index (κ2) is 4.45.